The van der Waals surface area contributed by atoms with Gasteiger partial charge in [-0.25, -0.2) is 0 Å². The molecule has 0 amide bonds. The quantitative estimate of drug-likeness (QED) is 0.824. The van der Waals surface area contributed by atoms with Crippen LogP contribution in [0.25, 0.3) is 0 Å². The Morgan fingerprint density at radius 2 is 1.75 bits per heavy atom. The van der Waals surface area contributed by atoms with Crippen LogP contribution in [-0.2, 0) is 6.54 Å². The van der Waals surface area contributed by atoms with Crippen molar-refractivity contribution in [3.8, 4) is 11.5 Å². The van der Waals surface area contributed by atoms with Crippen LogP contribution in [0.1, 0.15) is 38.2 Å². The largest absolute Gasteiger partial charge is 0.493 e. The van der Waals surface area contributed by atoms with Gasteiger partial charge >= 0.3 is 0 Å². The molecule has 4 heteroatoms. The Morgan fingerprint density at radius 1 is 1.00 bits per heavy atom. The third-order valence-electron chi connectivity index (χ3n) is 6.02. The van der Waals surface area contributed by atoms with Crippen LogP contribution < -0.4 is 19.3 Å². The Kier molecular flexibility index (Phi) is 6.01. The Morgan fingerprint density at radius 3 is 2.42 bits per heavy atom. The minimum atomic E-state index is 0.817. The summed E-state index contributed by atoms with van der Waals surface area (Å²) in [5.41, 5.74) is 1.34. The van der Waals surface area contributed by atoms with Gasteiger partial charge in [-0.15, -0.1) is 0 Å². The zero-order valence-electron chi connectivity index (χ0n) is 15.6. The first kappa shape index (κ1) is 17.6. The molecule has 1 saturated heterocycles. The predicted molar refractivity (Wildman–Crippen MR) is 96.1 cm³/mol. The van der Waals surface area contributed by atoms with E-state index in [4.69, 9.17) is 9.47 Å². The van der Waals surface area contributed by atoms with Gasteiger partial charge in [-0.3, -0.25) is 0 Å². The number of hydrogen-bond acceptors (Lipinski definition) is 2. The molecular weight excluding hydrogens is 300 g/mol. The van der Waals surface area contributed by atoms with Crippen molar-refractivity contribution in [1.82, 2.24) is 0 Å². The van der Waals surface area contributed by atoms with Gasteiger partial charge in [0.15, 0.2) is 11.5 Å². The Labute approximate surface area is 146 Å². The van der Waals surface area contributed by atoms with Crippen molar-refractivity contribution in [2.45, 2.75) is 45.2 Å². The molecule has 4 nitrogen and oxygen atoms in total. The van der Waals surface area contributed by atoms with Crippen molar-refractivity contribution in [3.63, 3.8) is 0 Å². The second-order valence-electron chi connectivity index (χ2n) is 7.74. The van der Waals surface area contributed by atoms with E-state index < -0.39 is 0 Å². The molecule has 24 heavy (non-hydrogen) atoms. The van der Waals surface area contributed by atoms with E-state index in [0.29, 0.717) is 0 Å². The number of hydrogen-bond donors (Lipinski definition) is 2. The number of nitrogens with one attached hydrogen (secondary N) is 2. The first-order valence-electron chi connectivity index (χ1n) is 9.58. The number of rotatable bonds is 5. The summed E-state index contributed by atoms with van der Waals surface area (Å²) >= 11 is 0. The lowest BCUT2D eigenvalue weighted by Gasteiger charge is -2.37. The predicted octanol–water partition coefficient (Wildman–Crippen LogP) is 0.566. The molecule has 1 aliphatic carbocycles. The minimum Gasteiger partial charge on any atom is -0.493 e. The molecule has 2 atom stereocenters. The van der Waals surface area contributed by atoms with Gasteiger partial charge in [-0.2, -0.15) is 0 Å². The summed E-state index contributed by atoms with van der Waals surface area (Å²) in [5.74, 6) is 2.60. The molecule has 1 aromatic carbocycles. The summed E-state index contributed by atoms with van der Waals surface area (Å²) in [6.07, 6.45) is 5.78. The molecular formula is C20H34N2O2+2. The Hall–Kier alpha value is -1.26. The number of methoxy groups -OCH3 is 2. The molecule has 0 bridgehead atoms. The molecule has 1 heterocycles. The molecule has 2 aliphatic rings. The van der Waals surface area contributed by atoms with Crippen LogP contribution in [0.2, 0.25) is 0 Å². The third-order valence-corrected chi connectivity index (χ3v) is 6.02. The smallest absolute Gasteiger partial charge is 0.161 e. The van der Waals surface area contributed by atoms with E-state index in [0.717, 1.165) is 30.0 Å². The minimum absolute atomic E-state index is 0.817. The van der Waals surface area contributed by atoms with E-state index in [9.17, 15) is 0 Å². The van der Waals surface area contributed by atoms with Crippen LogP contribution in [0, 0.1) is 5.92 Å². The Bertz CT molecular complexity index is 526. The first-order chi connectivity index (χ1) is 11.7. The summed E-state index contributed by atoms with van der Waals surface area (Å²) in [4.78, 5) is 3.58. The lowest BCUT2D eigenvalue weighted by atomic mass is 9.86. The maximum absolute atomic E-state index is 5.43. The zero-order chi connectivity index (χ0) is 16.9. The summed E-state index contributed by atoms with van der Waals surface area (Å²) in [7, 11) is 3.40. The highest BCUT2D eigenvalue weighted by atomic mass is 16.5. The fourth-order valence-corrected chi connectivity index (χ4v) is 4.59. The number of piperazine rings is 1. The standard InChI is InChI=1S/C20H32N2O2/c1-16-5-4-6-18(13-16)22-11-9-21(10-12-22)15-17-7-8-19(23-2)20(14-17)24-3/h7-8,14,16,18H,4-6,9-13,15H2,1-3H3/p+2/t16-,18+/m0/s1. The van der Waals surface area contributed by atoms with Crippen molar-refractivity contribution >= 4 is 0 Å². The second kappa shape index (κ2) is 8.21. The highest BCUT2D eigenvalue weighted by molar-refractivity contribution is 5.42. The molecule has 0 spiro atoms. The van der Waals surface area contributed by atoms with Gasteiger partial charge in [0.1, 0.15) is 32.7 Å². The van der Waals surface area contributed by atoms with E-state index in [1.54, 1.807) is 19.1 Å². The maximum atomic E-state index is 5.43. The van der Waals surface area contributed by atoms with Gasteiger partial charge in [0.2, 0.25) is 0 Å². The number of quaternary nitrogens is 2. The van der Waals surface area contributed by atoms with E-state index in [2.05, 4.69) is 19.1 Å². The summed E-state index contributed by atoms with van der Waals surface area (Å²) in [6.45, 7) is 8.77. The molecule has 1 saturated carbocycles. The topological polar surface area (TPSA) is 27.3 Å². The van der Waals surface area contributed by atoms with Gasteiger partial charge in [-0.1, -0.05) is 13.3 Å². The van der Waals surface area contributed by atoms with Crippen LogP contribution >= 0.6 is 0 Å². The Balaban J connectivity index is 1.52. The maximum Gasteiger partial charge on any atom is 0.161 e. The second-order valence-corrected chi connectivity index (χ2v) is 7.74. The van der Waals surface area contributed by atoms with Crippen molar-refractivity contribution in [2.75, 3.05) is 40.4 Å². The van der Waals surface area contributed by atoms with E-state index in [1.165, 1.54) is 57.4 Å². The van der Waals surface area contributed by atoms with Crippen molar-refractivity contribution in [1.29, 1.82) is 0 Å². The summed E-state index contributed by atoms with van der Waals surface area (Å²) in [5, 5.41) is 0. The van der Waals surface area contributed by atoms with Crippen molar-refractivity contribution < 1.29 is 19.3 Å². The lowest BCUT2D eigenvalue weighted by Crippen LogP contribution is -3.29. The number of ether oxygens (including phenoxy) is 2. The zero-order valence-corrected chi connectivity index (χ0v) is 15.6. The van der Waals surface area contributed by atoms with Gasteiger partial charge in [0.25, 0.3) is 0 Å². The van der Waals surface area contributed by atoms with Crippen molar-refractivity contribution in [3.05, 3.63) is 23.8 Å². The summed E-state index contributed by atoms with van der Waals surface area (Å²) < 4.78 is 10.8. The lowest BCUT2D eigenvalue weighted by molar-refractivity contribution is -1.03. The van der Waals surface area contributed by atoms with Crippen LogP contribution in [-0.4, -0.2) is 46.4 Å². The van der Waals surface area contributed by atoms with Gasteiger partial charge in [0.05, 0.1) is 20.3 Å². The molecule has 0 unspecified atom stereocenters. The summed E-state index contributed by atoms with van der Waals surface area (Å²) in [6, 6.07) is 7.26. The molecule has 1 aliphatic heterocycles. The van der Waals surface area contributed by atoms with E-state index >= 15 is 0 Å². The molecule has 2 fully saturated rings. The van der Waals surface area contributed by atoms with E-state index in [-0.39, 0.29) is 0 Å². The van der Waals surface area contributed by atoms with Crippen LogP contribution in [0.4, 0.5) is 0 Å². The van der Waals surface area contributed by atoms with Gasteiger partial charge in [-0.05, 0) is 37.0 Å². The monoisotopic (exact) mass is 334 g/mol. The number of benzene rings is 1. The SMILES string of the molecule is COc1ccc(C[NH+]2CC[NH+]([C@@H]3CCC[C@H](C)C3)CC2)cc1OC. The normalized spacial score (nSPS) is 30.8. The fraction of sp³-hybridized carbons (Fsp3) is 0.700. The molecule has 3 rings (SSSR count). The molecule has 1 aromatic rings. The third kappa shape index (κ3) is 4.22. The van der Waals surface area contributed by atoms with Crippen LogP contribution in [0.15, 0.2) is 18.2 Å². The van der Waals surface area contributed by atoms with Crippen LogP contribution in [0.3, 0.4) is 0 Å². The van der Waals surface area contributed by atoms with Crippen molar-refractivity contribution in [2.24, 2.45) is 5.92 Å². The first-order valence-corrected chi connectivity index (χ1v) is 9.58. The fourth-order valence-electron chi connectivity index (χ4n) is 4.59. The molecule has 134 valence electrons. The van der Waals surface area contributed by atoms with Gasteiger partial charge < -0.3 is 19.3 Å². The van der Waals surface area contributed by atoms with Gasteiger partial charge in [0, 0.05) is 12.0 Å². The molecule has 0 aromatic heterocycles. The van der Waals surface area contributed by atoms with E-state index in [1.807, 2.05) is 11.0 Å². The average molecular weight is 335 g/mol. The highest BCUT2D eigenvalue weighted by Gasteiger charge is 2.32. The highest BCUT2D eigenvalue weighted by Crippen LogP contribution is 2.27. The molecule has 0 radical (unpaired) electrons. The molecule has 2 N–H and O–H groups in total. The average Bonchev–Trinajstić information content (AvgIpc) is 2.62. The van der Waals surface area contributed by atoms with Crippen LogP contribution in [0.5, 0.6) is 11.5 Å².